The highest BCUT2D eigenvalue weighted by molar-refractivity contribution is 14.0. The van der Waals surface area contributed by atoms with E-state index in [1.807, 2.05) is 30.3 Å². The molecule has 2 N–H and O–H groups in total. The number of methoxy groups -OCH3 is 1. The molecule has 2 rings (SSSR count). The van der Waals surface area contributed by atoms with E-state index in [1.165, 1.54) is 0 Å². The fourth-order valence-corrected chi connectivity index (χ4v) is 1.72. The zero-order chi connectivity index (χ0) is 14.9. The summed E-state index contributed by atoms with van der Waals surface area (Å²) in [5.41, 5.74) is 2.02. The maximum absolute atomic E-state index is 5.03. The van der Waals surface area contributed by atoms with Gasteiger partial charge in [-0.2, -0.15) is 0 Å². The molecule has 0 aliphatic carbocycles. The van der Waals surface area contributed by atoms with E-state index in [0.29, 0.717) is 19.0 Å². The van der Waals surface area contributed by atoms with Crippen molar-refractivity contribution in [1.82, 2.24) is 20.6 Å². The number of aliphatic imine (C=N–C) groups is 1. The molecule has 0 atom stereocenters. The van der Waals surface area contributed by atoms with Gasteiger partial charge in [0.05, 0.1) is 19.3 Å². The second kappa shape index (κ2) is 9.93. The van der Waals surface area contributed by atoms with Crippen LogP contribution in [0, 0.1) is 0 Å². The molecule has 7 heteroatoms. The number of aromatic nitrogens is 2. The molecular weight excluding hydrogens is 393 g/mol. The van der Waals surface area contributed by atoms with Crippen LogP contribution >= 0.6 is 24.0 Å². The molecule has 0 radical (unpaired) electrons. The highest BCUT2D eigenvalue weighted by Crippen LogP contribution is 2.06. The van der Waals surface area contributed by atoms with Crippen LogP contribution in [0.25, 0.3) is 0 Å². The van der Waals surface area contributed by atoms with Gasteiger partial charge in [-0.25, -0.2) is 4.98 Å². The summed E-state index contributed by atoms with van der Waals surface area (Å²) >= 11 is 0. The minimum atomic E-state index is 0. The van der Waals surface area contributed by atoms with Crippen LogP contribution in [0.1, 0.15) is 11.3 Å². The number of rotatable bonds is 5. The third-order valence-corrected chi connectivity index (χ3v) is 2.85. The van der Waals surface area contributed by atoms with Gasteiger partial charge in [0.15, 0.2) is 5.96 Å². The molecule has 0 unspecified atom stereocenters. The van der Waals surface area contributed by atoms with E-state index < -0.39 is 0 Å². The monoisotopic (exact) mass is 413 g/mol. The van der Waals surface area contributed by atoms with Crippen molar-refractivity contribution >= 4 is 29.9 Å². The van der Waals surface area contributed by atoms with Crippen molar-refractivity contribution in [3.8, 4) is 5.88 Å². The van der Waals surface area contributed by atoms with Gasteiger partial charge in [0.1, 0.15) is 0 Å². The molecule has 0 aliphatic rings. The summed E-state index contributed by atoms with van der Waals surface area (Å²) in [6.07, 6.45) is 3.55. The van der Waals surface area contributed by atoms with Gasteiger partial charge in [-0.1, -0.05) is 12.1 Å². The third-order valence-electron chi connectivity index (χ3n) is 2.85. The van der Waals surface area contributed by atoms with E-state index in [1.54, 1.807) is 26.6 Å². The maximum Gasteiger partial charge on any atom is 0.212 e. The SMILES string of the molecule is CN=C(NCc1ccc(OC)nc1)NCc1ccccn1.I. The normalized spacial score (nSPS) is 10.5. The van der Waals surface area contributed by atoms with Crippen molar-refractivity contribution in [3.05, 3.63) is 54.0 Å². The summed E-state index contributed by atoms with van der Waals surface area (Å²) in [4.78, 5) is 12.6. The largest absolute Gasteiger partial charge is 0.481 e. The molecule has 118 valence electrons. The fraction of sp³-hybridized carbons (Fsp3) is 0.267. The molecule has 0 spiro atoms. The van der Waals surface area contributed by atoms with Gasteiger partial charge in [-0.05, 0) is 17.7 Å². The van der Waals surface area contributed by atoms with Crippen LogP contribution in [0.15, 0.2) is 47.7 Å². The molecule has 0 bridgehead atoms. The molecule has 2 aromatic heterocycles. The third kappa shape index (κ3) is 5.84. The predicted molar refractivity (Wildman–Crippen MR) is 97.5 cm³/mol. The lowest BCUT2D eigenvalue weighted by Gasteiger charge is -2.11. The molecule has 0 amide bonds. The Morgan fingerprint density at radius 3 is 2.55 bits per heavy atom. The molecule has 2 heterocycles. The smallest absolute Gasteiger partial charge is 0.212 e. The van der Waals surface area contributed by atoms with Gasteiger partial charge in [0.25, 0.3) is 0 Å². The number of nitrogens with one attached hydrogen (secondary N) is 2. The fourth-order valence-electron chi connectivity index (χ4n) is 1.72. The van der Waals surface area contributed by atoms with Crippen molar-refractivity contribution in [1.29, 1.82) is 0 Å². The standard InChI is InChI=1S/C15H19N5O.HI/c1-16-15(20-11-13-5-3-4-8-17-13)19-10-12-6-7-14(21-2)18-9-12;/h3-9H,10-11H2,1-2H3,(H2,16,19,20);1H. The molecule has 0 fully saturated rings. The van der Waals surface area contributed by atoms with Crippen LogP contribution in [-0.4, -0.2) is 30.1 Å². The van der Waals surface area contributed by atoms with Crippen LogP contribution in [-0.2, 0) is 13.1 Å². The van der Waals surface area contributed by atoms with E-state index in [9.17, 15) is 0 Å². The van der Waals surface area contributed by atoms with Crippen LogP contribution in [0.2, 0.25) is 0 Å². The highest BCUT2D eigenvalue weighted by atomic mass is 127. The topological polar surface area (TPSA) is 71.4 Å². The Morgan fingerprint density at radius 1 is 1.14 bits per heavy atom. The zero-order valence-electron chi connectivity index (χ0n) is 12.6. The first-order valence-corrected chi connectivity index (χ1v) is 6.65. The summed E-state index contributed by atoms with van der Waals surface area (Å²) in [5.74, 6) is 1.33. The first kappa shape index (κ1) is 18.1. The van der Waals surface area contributed by atoms with Gasteiger partial charge in [-0.15, -0.1) is 24.0 Å². The van der Waals surface area contributed by atoms with Crippen molar-refractivity contribution < 1.29 is 4.74 Å². The number of nitrogens with zero attached hydrogens (tertiary/aromatic N) is 3. The van der Waals surface area contributed by atoms with Crippen LogP contribution < -0.4 is 15.4 Å². The Hall–Kier alpha value is -1.90. The average Bonchev–Trinajstić information content (AvgIpc) is 2.56. The Labute approximate surface area is 147 Å². The summed E-state index contributed by atoms with van der Waals surface area (Å²) in [5, 5.41) is 6.43. The van der Waals surface area contributed by atoms with E-state index in [0.717, 1.165) is 17.2 Å². The first-order chi connectivity index (χ1) is 10.3. The number of hydrogen-bond acceptors (Lipinski definition) is 4. The van der Waals surface area contributed by atoms with Crippen molar-refractivity contribution in [3.63, 3.8) is 0 Å². The van der Waals surface area contributed by atoms with Crippen LogP contribution in [0.5, 0.6) is 5.88 Å². The minimum absolute atomic E-state index is 0. The molecule has 0 saturated carbocycles. The number of pyridine rings is 2. The summed E-state index contributed by atoms with van der Waals surface area (Å²) in [6, 6.07) is 9.62. The average molecular weight is 413 g/mol. The highest BCUT2D eigenvalue weighted by Gasteiger charge is 2.00. The van der Waals surface area contributed by atoms with E-state index in [4.69, 9.17) is 4.74 Å². The molecule has 0 saturated heterocycles. The van der Waals surface area contributed by atoms with Crippen molar-refractivity contribution in [2.75, 3.05) is 14.2 Å². The van der Waals surface area contributed by atoms with E-state index in [2.05, 4.69) is 25.6 Å². The zero-order valence-corrected chi connectivity index (χ0v) is 14.9. The Balaban J connectivity index is 0.00000242. The van der Waals surface area contributed by atoms with Crippen LogP contribution in [0.3, 0.4) is 0 Å². The lowest BCUT2D eigenvalue weighted by Crippen LogP contribution is -2.36. The number of ether oxygens (including phenoxy) is 1. The summed E-state index contributed by atoms with van der Waals surface area (Å²) in [6.45, 7) is 1.26. The van der Waals surface area contributed by atoms with Gasteiger partial charge in [0.2, 0.25) is 5.88 Å². The lowest BCUT2D eigenvalue weighted by atomic mass is 10.3. The van der Waals surface area contributed by atoms with Gasteiger partial charge < -0.3 is 15.4 Å². The molecule has 2 aromatic rings. The number of halogens is 1. The summed E-state index contributed by atoms with van der Waals surface area (Å²) in [7, 11) is 3.34. The number of hydrogen-bond donors (Lipinski definition) is 2. The van der Waals surface area contributed by atoms with E-state index in [-0.39, 0.29) is 24.0 Å². The minimum Gasteiger partial charge on any atom is -0.481 e. The van der Waals surface area contributed by atoms with Crippen LogP contribution in [0.4, 0.5) is 0 Å². The lowest BCUT2D eigenvalue weighted by molar-refractivity contribution is 0.397. The second-order valence-corrected chi connectivity index (χ2v) is 4.31. The quantitative estimate of drug-likeness (QED) is 0.446. The van der Waals surface area contributed by atoms with E-state index >= 15 is 0 Å². The molecule has 0 aliphatic heterocycles. The summed E-state index contributed by atoms with van der Waals surface area (Å²) < 4.78 is 5.03. The molecule has 22 heavy (non-hydrogen) atoms. The molecule has 6 nitrogen and oxygen atoms in total. The van der Waals surface area contributed by atoms with Crippen molar-refractivity contribution in [2.45, 2.75) is 13.1 Å². The molecular formula is C15H20IN5O. The number of guanidine groups is 1. The van der Waals surface area contributed by atoms with Gasteiger partial charge >= 0.3 is 0 Å². The van der Waals surface area contributed by atoms with Gasteiger partial charge in [-0.3, -0.25) is 9.98 Å². The maximum atomic E-state index is 5.03. The second-order valence-electron chi connectivity index (χ2n) is 4.31. The Bertz CT molecular complexity index is 574. The predicted octanol–water partition coefficient (Wildman–Crippen LogP) is 1.97. The van der Waals surface area contributed by atoms with Crippen molar-refractivity contribution in [2.24, 2.45) is 4.99 Å². The Morgan fingerprint density at radius 2 is 1.95 bits per heavy atom. The molecule has 0 aromatic carbocycles. The first-order valence-electron chi connectivity index (χ1n) is 6.65. The van der Waals surface area contributed by atoms with Gasteiger partial charge in [0, 0.05) is 32.1 Å². The Kier molecular flexibility index (Phi) is 8.19.